The van der Waals surface area contributed by atoms with Crippen molar-refractivity contribution < 1.29 is 14.3 Å². The van der Waals surface area contributed by atoms with E-state index in [4.69, 9.17) is 0 Å². The van der Waals surface area contributed by atoms with Crippen molar-refractivity contribution in [3.8, 4) is 0 Å². The molecule has 1 aliphatic rings. The van der Waals surface area contributed by atoms with Crippen molar-refractivity contribution >= 4 is 33.4 Å². The van der Waals surface area contributed by atoms with Crippen molar-refractivity contribution in [2.24, 2.45) is 0 Å². The van der Waals surface area contributed by atoms with Crippen molar-refractivity contribution in [2.45, 2.75) is 31.7 Å². The van der Waals surface area contributed by atoms with Gasteiger partial charge in [0.25, 0.3) is 5.91 Å². The van der Waals surface area contributed by atoms with Crippen LogP contribution in [0.4, 0.5) is 0 Å². The van der Waals surface area contributed by atoms with Crippen LogP contribution >= 0.6 is 11.3 Å². The molecule has 0 unspecified atom stereocenters. The van der Waals surface area contributed by atoms with E-state index in [1.807, 2.05) is 11.4 Å². The third kappa shape index (κ3) is 2.68. The predicted molar refractivity (Wildman–Crippen MR) is 81.7 cm³/mol. The zero-order valence-corrected chi connectivity index (χ0v) is 12.7. The van der Waals surface area contributed by atoms with Gasteiger partial charge in [0.2, 0.25) is 0 Å². The second-order valence-electron chi connectivity index (χ2n) is 5.27. The van der Waals surface area contributed by atoms with E-state index in [9.17, 15) is 9.59 Å². The first-order chi connectivity index (χ1) is 10.2. The number of ether oxygens (including phenoxy) is 1. The summed E-state index contributed by atoms with van der Waals surface area (Å²) >= 11 is 1.63. The van der Waals surface area contributed by atoms with Crippen molar-refractivity contribution in [2.75, 3.05) is 13.7 Å². The smallest absolute Gasteiger partial charge is 0.325 e. The number of hydrogen-bond acceptors (Lipinski definition) is 4. The van der Waals surface area contributed by atoms with E-state index in [-0.39, 0.29) is 12.5 Å². The molecule has 5 nitrogen and oxygen atoms in total. The van der Waals surface area contributed by atoms with Crippen molar-refractivity contribution in [1.29, 1.82) is 0 Å². The lowest BCUT2D eigenvalue weighted by Gasteiger charge is -2.16. The van der Waals surface area contributed by atoms with Crippen LogP contribution in [0, 0.1) is 0 Å². The number of methoxy groups -OCH3 is 1. The number of nitrogens with one attached hydrogen (secondary N) is 1. The third-order valence-corrected chi connectivity index (χ3v) is 4.86. The Bertz CT molecular complexity index is 668. The Morgan fingerprint density at radius 2 is 2.19 bits per heavy atom. The number of rotatable bonds is 4. The highest BCUT2D eigenvalue weighted by atomic mass is 32.1. The van der Waals surface area contributed by atoms with Gasteiger partial charge in [-0.25, -0.2) is 0 Å². The highest BCUT2D eigenvalue weighted by Crippen LogP contribution is 2.36. The van der Waals surface area contributed by atoms with Gasteiger partial charge in [-0.3, -0.25) is 9.59 Å². The van der Waals surface area contributed by atoms with Gasteiger partial charge in [-0.15, -0.1) is 11.3 Å². The zero-order chi connectivity index (χ0) is 14.8. The summed E-state index contributed by atoms with van der Waals surface area (Å²) in [5.41, 5.74) is 1.77. The van der Waals surface area contributed by atoms with E-state index < -0.39 is 5.97 Å². The van der Waals surface area contributed by atoms with E-state index in [0.29, 0.717) is 11.7 Å². The molecule has 1 amide bonds. The average Bonchev–Trinajstić information content (AvgIpc) is 3.18. The molecule has 0 spiro atoms. The van der Waals surface area contributed by atoms with Crippen LogP contribution in [0.2, 0.25) is 0 Å². The Balaban J connectivity index is 1.89. The van der Waals surface area contributed by atoms with Crippen LogP contribution in [-0.4, -0.2) is 30.1 Å². The maximum atomic E-state index is 12.4. The Labute approximate surface area is 126 Å². The number of carbonyl (C=O) groups excluding carboxylic acids is 2. The lowest BCUT2D eigenvalue weighted by Crippen LogP contribution is -2.32. The molecular weight excluding hydrogens is 288 g/mol. The number of aromatic nitrogens is 1. The standard InChI is InChI=1S/C15H18N2O3S/c1-20-14(18)9-16-15(19)12-8-13-11(6-7-21-13)17(12)10-4-2-3-5-10/h6-8,10H,2-5,9H2,1H3,(H,16,19). The fourth-order valence-electron chi connectivity index (χ4n) is 2.99. The zero-order valence-electron chi connectivity index (χ0n) is 11.9. The second-order valence-corrected chi connectivity index (χ2v) is 6.21. The normalized spacial score (nSPS) is 15.5. The van der Waals surface area contributed by atoms with Gasteiger partial charge in [0.15, 0.2) is 0 Å². The molecule has 2 heterocycles. The first-order valence-electron chi connectivity index (χ1n) is 7.14. The number of amides is 1. The molecule has 21 heavy (non-hydrogen) atoms. The molecule has 1 fully saturated rings. The maximum absolute atomic E-state index is 12.4. The molecule has 3 rings (SSSR count). The van der Waals surface area contributed by atoms with Gasteiger partial charge in [-0.05, 0) is 30.4 Å². The molecule has 0 aliphatic heterocycles. The summed E-state index contributed by atoms with van der Waals surface area (Å²) in [6.07, 6.45) is 4.63. The number of carbonyl (C=O) groups is 2. The van der Waals surface area contributed by atoms with Crippen molar-refractivity contribution in [1.82, 2.24) is 9.88 Å². The highest BCUT2D eigenvalue weighted by Gasteiger charge is 2.25. The summed E-state index contributed by atoms with van der Waals surface area (Å²) in [6.45, 7) is -0.0984. The molecule has 112 valence electrons. The lowest BCUT2D eigenvalue weighted by atomic mass is 10.2. The molecule has 0 bridgehead atoms. The van der Waals surface area contributed by atoms with Crippen LogP contribution in [-0.2, 0) is 9.53 Å². The van der Waals surface area contributed by atoms with Crippen LogP contribution in [0.25, 0.3) is 10.2 Å². The topological polar surface area (TPSA) is 60.3 Å². The predicted octanol–water partition coefficient (Wildman–Crippen LogP) is 2.72. The fourth-order valence-corrected chi connectivity index (χ4v) is 3.80. The molecule has 2 aromatic rings. The van der Waals surface area contributed by atoms with Gasteiger partial charge in [0.05, 0.1) is 17.3 Å². The van der Waals surface area contributed by atoms with E-state index >= 15 is 0 Å². The largest absolute Gasteiger partial charge is 0.468 e. The summed E-state index contributed by atoms with van der Waals surface area (Å²) in [7, 11) is 1.31. The van der Waals surface area contributed by atoms with Crippen LogP contribution in [0.3, 0.4) is 0 Å². The Morgan fingerprint density at radius 1 is 1.43 bits per heavy atom. The van der Waals surface area contributed by atoms with E-state index in [1.54, 1.807) is 11.3 Å². The summed E-state index contributed by atoms with van der Waals surface area (Å²) in [6, 6.07) is 4.37. The number of thiophene rings is 1. The molecule has 1 aliphatic carbocycles. The second kappa shape index (κ2) is 5.89. The summed E-state index contributed by atoms with van der Waals surface area (Å²) in [5, 5.41) is 4.68. The van der Waals surface area contributed by atoms with Gasteiger partial charge in [-0.2, -0.15) is 0 Å². The summed E-state index contributed by atoms with van der Waals surface area (Å²) in [5.74, 6) is -0.653. The third-order valence-electron chi connectivity index (χ3n) is 4.00. The Hall–Kier alpha value is -1.82. The first-order valence-corrected chi connectivity index (χ1v) is 8.02. The molecule has 0 aromatic carbocycles. The quantitative estimate of drug-likeness (QED) is 0.884. The summed E-state index contributed by atoms with van der Waals surface area (Å²) < 4.78 is 7.81. The molecule has 2 aromatic heterocycles. The molecule has 0 saturated heterocycles. The van der Waals surface area contributed by atoms with Gasteiger partial charge in [0.1, 0.15) is 12.2 Å². The molecular formula is C15H18N2O3S. The fraction of sp³-hybridized carbons (Fsp3) is 0.467. The number of esters is 1. The van der Waals surface area contributed by atoms with Crippen LogP contribution < -0.4 is 5.32 Å². The van der Waals surface area contributed by atoms with Gasteiger partial charge in [-0.1, -0.05) is 12.8 Å². The minimum Gasteiger partial charge on any atom is -0.468 e. The van der Waals surface area contributed by atoms with Crippen molar-refractivity contribution in [3.05, 3.63) is 23.2 Å². The molecule has 0 atom stereocenters. The Morgan fingerprint density at radius 3 is 2.90 bits per heavy atom. The minimum absolute atomic E-state index is 0.0984. The molecule has 6 heteroatoms. The minimum atomic E-state index is -0.441. The van der Waals surface area contributed by atoms with Crippen LogP contribution in [0.1, 0.15) is 42.2 Å². The number of nitrogens with zero attached hydrogens (tertiary/aromatic N) is 1. The molecule has 1 N–H and O–H groups in total. The van der Waals surface area contributed by atoms with E-state index in [1.165, 1.54) is 20.0 Å². The maximum Gasteiger partial charge on any atom is 0.325 e. The SMILES string of the molecule is COC(=O)CNC(=O)c1cc2sccc2n1C1CCCC1. The molecule has 1 saturated carbocycles. The van der Waals surface area contributed by atoms with Crippen molar-refractivity contribution in [3.63, 3.8) is 0 Å². The lowest BCUT2D eigenvalue weighted by molar-refractivity contribution is -0.139. The summed E-state index contributed by atoms with van der Waals surface area (Å²) in [4.78, 5) is 23.5. The monoisotopic (exact) mass is 306 g/mol. The van der Waals surface area contributed by atoms with E-state index in [2.05, 4.69) is 20.7 Å². The number of fused-ring (bicyclic) bond motifs is 1. The average molecular weight is 306 g/mol. The number of hydrogen-bond donors (Lipinski definition) is 1. The van der Waals surface area contributed by atoms with E-state index in [0.717, 1.165) is 23.1 Å². The first kappa shape index (κ1) is 14.1. The van der Waals surface area contributed by atoms with Crippen LogP contribution in [0.5, 0.6) is 0 Å². The van der Waals surface area contributed by atoms with Gasteiger partial charge in [0, 0.05) is 6.04 Å². The Kier molecular flexibility index (Phi) is 3.96. The van der Waals surface area contributed by atoms with Crippen LogP contribution in [0.15, 0.2) is 17.5 Å². The highest BCUT2D eigenvalue weighted by molar-refractivity contribution is 7.17. The van der Waals surface area contributed by atoms with Gasteiger partial charge < -0.3 is 14.6 Å². The van der Waals surface area contributed by atoms with Gasteiger partial charge >= 0.3 is 5.97 Å². The molecule has 0 radical (unpaired) electrons.